The van der Waals surface area contributed by atoms with Crippen molar-refractivity contribution in [3.63, 3.8) is 0 Å². The Morgan fingerprint density at radius 2 is 2.03 bits per heavy atom. The van der Waals surface area contributed by atoms with Crippen molar-refractivity contribution in [3.05, 3.63) is 35.2 Å². The number of fused-ring (bicyclic) bond motifs is 1. The highest BCUT2D eigenvalue weighted by molar-refractivity contribution is 7.94. The third kappa shape index (κ3) is 3.37. The standard InChI is InChI=1S/C19H24N4O6S/c1-19(2)14(18(26)27)23-16(25)13(17(23)30(19,28)29)10-12-9-11(5-6-20-12)15(24)21-7-8-22(3)4/h5-6,9-10,14,17H,7-8H2,1-4H3,(H,21,24)(H,26,27)/t14-,17+/m0/s1. The lowest BCUT2D eigenvalue weighted by Gasteiger charge is -2.37. The highest BCUT2D eigenvalue weighted by Crippen LogP contribution is 2.48. The van der Waals surface area contributed by atoms with Gasteiger partial charge in [0, 0.05) is 24.8 Å². The van der Waals surface area contributed by atoms with Crippen LogP contribution in [-0.4, -0.2) is 89.4 Å². The van der Waals surface area contributed by atoms with Gasteiger partial charge in [0.1, 0.15) is 4.75 Å². The Morgan fingerprint density at radius 1 is 1.37 bits per heavy atom. The van der Waals surface area contributed by atoms with Crippen LogP contribution in [0.25, 0.3) is 6.08 Å². The molecule has 0 unspecified atom stereocenters. The van der Waals surface area contributed by atoms with Crippen molar-refractivity contribution in [2.24, 2.45) is 0 Å². The summed E-state index contributed by atoms with van der Waals surface area (Å²) in [6.07, 6.45) is 2.69. The maximum atomic E-state index is 12.9. The van der Waals surface area contributed by atoms with Crippen LogP contribution in [0.4, 0.5) is 0 Å². The minimum atomic E-state index is -3.96. The molecule has 0 saturated carbocycles. The zero-order chi connectivity index (χ0) is 22.4. The number of aliphatic carboxylic acids is 1. The Kier molecular flexibility index (Phi) is 5.46. The number of carboxylic acid groups (broad SMARTS) is 1. The van der Waals surface area contributed by atoms with Gasteiger partial charge in [-0.05, 0) is 46.2 Å². The smallest absolute Gasteiger partial charge is 0.328 e. The van der Waals surface area contributed by atoms with Gasteiger partial charge in [-0.1, -0.05) is 0 Å². The molecule has 2 aliphatic rings. The SMILES string of the molecule is CN(C)CCNC(=O)c1ccnc(C=C2C(=O)N3[C@@H](C(=O)O)C(C)(C)S(=O)(=O)[C@H]23)c1. The minimum Gasteiger partial charge on any atom is -0.480 e. The van der Waals surface area contributed by atoms with Crippen molar-refractivity contribution in [1.82, 2.24) is 20.1 Å². The van der Waals surface area contributed by atoms with Gasteiger partial charge in [0.2, 0.25) is 0 Å². The summed E-state index contributed by atoms with van der Waals surface area (Å²) in [7, 11) is -0.196. The number of aromatic nitrogens is 1. The second kappa shape index (κ2) is 7.47. The highest BCUT2D eigenvalue weighted by atomic mass is 32.2. The van der Waals surface area contributed by atoms with Crippen molar-refractivity contribution in [2.45, 2.75) is 30.0 Å². The first kappa shape index (κ1) is 21.9. The molecule has 2 aliphatic heterocycles. The lowest BCUT2D eigenvalue weighted by molar-refractivity contribution is -0.152. The Morgan fingerprint density at radius 3 is 2.63 bits per heavy atom. The maximum Gasteiger partial charge on any atom is 0.328 e. The number of β-lactam (4-membered cyclic amide) rings is 1. The van der Waals surface area contributed by atoms with Crippen LogP contribution in [0.15, 0.2) is 23.9 Å². The number of hydrogen-bond donors (Lipinski definition) is 2. The molecule has 30 heavy (non-hydrogen) atoms. The Bertz CT molecular complexity index is 1050. The number of pyridine rings is 1. The lowest BCUT2D eigenvalue weighted by atomic mass is 9.95. The van der Waals surface area contributed by atoms with Crippen LogP contribution in [-0.2, 0) is 19.4 Å². The zero-order valence-corrected chi connectivity index (χ0v) is 17.9. The quantitative estimate of drug-likeness (QED) is 0.453. The molecule has 3 rings (SSSR count). The summed E-state index contributed by atoms with van der Waals surface area (Å²) in [4.78, 5) is 43.4. The van der Waals surface area contributed by atoms with E-state index in [9.17, 15) is 27.9 Å². The molecule has 162 valence electrons. The van der Waals surface area contributed by atoms with Crippen molar-refractivity contribution in [3.8, 4) is 0 Å². The van der Waals surface area contributed by atoms with Crippen LogP contribution in [0, 0.1) is 0 Å². The van der Waals surface area contributed by atoms with Gasteiger partial charge in [0.25, 0.3) is 11.8 Å². The number of carboxylic acids is 1. The third-order valence-electron chi connectivity index (χ3n) is 5.39. The van der Waals surface area contributed by atoms with E-state index in [1.165, 1.54) is 38.3 Å². The van der Waals surface area contributed by atoms with Gasteiger partial charge >= 0.3 is 5.97 Å². The molecule has 0 radical (unpaired) electrons. The molecular formula is C19H24N4O6S. The van der Waals surface area contributed by atoms with E-state index in [0.29, 0.717) is 18.7 Å². The van der Waals surface area contributed by atoms with Gasteiger partial charge in [-0.2, -0.15) is 0 Å². The van der Waals surface area contributed by atoms with Crippen LogP contribution < -0.4 is 5.32 Å². The number of likely N-dealkylation sites (N-methyl/N-ethyl adjacent to an activating group) is 1. The van der Waals surface area contributed by atoms with Gasteiger partial charge in [-0.15, -0.1) is 0 Å². The molecule has 0 bridgehead atoms. The van der Waals surface area contributed by atoms with Crippen LogP contribution in [0.5, 0.6) is 0 Å². The number of rotatable bonds is 6. The van der Waals surface area contributed by atoms with Gasteiger partial charge in [0.15, 0.2) is 21.3 Å². The number of carbonyl (C=O) groups excluding carboxylic acids is 2. The second-order valence-electron chi connectivity index (χ2n) is 8.08. The van der Waals surface area contributed by atoms with Crippen LogP contribution >= 0.6 is 0 Å². The minimum absolute atomic E-state index is 0.0514. The van der Waals surface area contributed by atoms with E-state index in [1.807, 2.05) is 19.0 Å². The van der Waals surface area contributed by atoms with Gasteiger partial charge < -0.3 is 20.2 Å². The molecule has 2 atom stereocenters. The summed E-state index contributed by atoms with van der Waals surface area (Å²) in [6, 6.07) is 1.51. The summed E-state index contributed by atoms with van der Waals surface area (Å²) in [5.41, 5.74) is 0.506. The van der Waals surface area contributed by atoms with Crippen molar-refractivity contribution in [1.29, 1.82) is 0 Å². The van der Waals surface area contributed by atoms with Crippen LogP contribution in [0.2, 0.25) is 0 Å². The molecule has 0 aromatic carbocycles. The summed E-state index contributed by atoms with van der Waals surface area (Å²) in [5.74, 6) is -2.35. The normalized spacial score (nSPS) is 25.2. The van der Waals surface area contributed by atoms with E-state index in [-0.39, 0.29) is 17.2 Å². The molecule has 2 fully saturated rings. The molecular weight excluding hydrogens is 412 g/mol. The summed E-state index contributed by atoms with van der Waals surface area (Å²) in [5, 5.41) is 10.9. The average molecular weight is 436 g/mol. The number of nitrogens with one attached hydrogen (secondary N) is 1. The number of hydrogen-bond acceptors (Lipinski definition) is 7. The molecule has 1 aromatic heterocycles. The molecule has 0 aliphatic carbocycles. The highest BCUT2D eigenvalue weighted by Gasteiger charge is 2.70. The van der Waals surface area contributed by atoms with E-state index < -0.39 is 37.9 Å². The van der Waals surface area contributed by atoms with E-state index in [4.69, 9.17) is 0 Å². The predicted octanol–water partition coefficient (Wildman–Crippen LogP) is -0.415. The first-order chi connectivity index (χ1) is 13.9. The topological polar surface area (TPSA) is 137 Å². The summed E-state index contributed by atoms with van der Waals surface area (Å²) >= 11 is 0. The monoisotopic (exact) mass is 436 g/mol. The van der Waals surface area contributed by atoms with E-state index in [1.54, 1.807) is 0 Å². The largest absolute Gasteiger partial charge is 0.480 e. The number of amides is 2. The average Bonchev–Trinajstić information content (AvgIpc) is 2.80. The Labute approximate surface area is 174 Å². The van der Waals surface area contributed by atoms with Gasteiger partial charge in [0.05, 0.1) is 11.3 Å². The molecule has 1 aromatic rings. The van der Waals surface area contributed by atoms with Crippen molar-refractivity contribution >= 4 is 33.7 Å². The molecule has 0 spiro atoms. The second-order valence-corrected chi connectivity index (χ2v) is 10.7. The zero-order valence-electron chi connectivity index (χ0n) is 17.1. The summed E-state index contributed by atoms with van der Waals surface area (Å²) in [6.45, 7) is 3.73. The predicted molar refractivity (Wildman–Crippen MR) is 108 cm³/mol. The number of sulfone groups is 1. The van der Waals surface area contributed by atoms with E-state index >= 15 is 0 Å². The Balaban J connectivity index is 1.88. The van der Waals surface area contributed by atoms with Gasteiger partial charge in [-0.3, -0.25) is 14.6 Å². The summed E-state index contributed by atoms with van der Waals surface area (Å²) < 4.78 is 24.2. The van der Waals surface area contributed by atoms with E-state index in [0.717, 1.165) is 4.90 Å². The van der Waals surface area contributed by atoms with Crippen LogP contribution in [0.3, 0.4) is 0 Å². The number of carbonyl (C=O) groups is 3. The number of nitrogens with zero attached hydrogens (tertiary/aromatic N) is 3. The molecule has 3 heterocycles. The maximum absolute atomic E-state index is 12.9. The van der Waals surface area contributed by atoms with Crippen molar-refractivity contribution < 1.29 is 27.9 Å². The fourth-order valence-corrected chi connectivity index (χ4v) is 5.79. The molecule has 2 saturated heterocycles. The molecule has 2 amide bonds. The molecule has 11 heteroatoms. The first-order valence-electron chi connectivity index (χ1n) is 9.29. The molecule has 10 nitrogen and oxygen atoms in total. The first-order valence-corrected chi connectivity index (χ1v) is 10.8. The fourth-order valence-electron chi connectivity index (χ4n) is 3.66. The fraction of sp³-hybridized carbons (Fsp3) is 0.474. The van der Waals surface area contributed by atoms with Crippen molar-refractivity contribution in [2.75, 3.05) is 27.2 Å². The third-order valence-corrected chi connectivity index (χ3v) is 8.15. The van der Waals surface area contributed by atoms with Gasteiger partial charge in [-0.25, -0.2) is 13.2 Å². The van der Waals surface area contributed by atoms with Crippen LogP contribution in [0.1, 0.15) is 29.9 Å². The molecule has 2 N–H and O–H groups in total. The lowest BCUT2D eigenvalue weighted by Crippen LogP contribution is -2.58. The van der Waals surface area contributed by atoms with E-state index in [2.05, 4.69) is 10.3 Å². The Hall–Kier alpha value is -2.79.